The van der Waals surface area contributed by atoms with E-state index in [4.69, 9.17) is 9.47 Å². The summed E-state index contributed by atoms with van der Waals surface area (Å²) in [5.41, 5.74) is 2.71. The van der Waals surface area contributed by atoms with E-state index < -0.39 is 0 Å². The summed E-state index contributed by atoms with van der Waals surface area (Å²) in [7, 11) is 1.63. The first-order chi connectivity index (χ1) is 10.7. The van der Waals surface area contributed by atoms with Crippen molar-refractivity contribution in [1.82, 2.24) is 0 Å². The summed E-state index contributed by atoms with van der Waals surface area (Å²) in [5, 5.41) is 3.32. The Bertz CT molecular complexity index is 665. The third kappa shape index (κ3) is 4.38. The number of anilines is 2. The SMILES string of the molecule is CCOC(=O)/C=C/c1ccccc1Nc1cccc(OC)c1. The molecular weight excluding hydrogens is 278 g/mol. The van der Waals surface area contributed by atoms with Gasteiger partial charge in [0.2, 0.25) is 0 Å². The fourth-order valence-corrected chi connectivity index (χ4v) is 1.96. The van der Waals surface area contributed by atoms with E-state index in [0.717, 1.165) is 22.7 Å². The maximum atomic E-state index is 11.4. The van der Waals surface area contributed by atoms with Gasteiger partial charge in [0.05, 0.1) is 13.7 Å². The maximum absolute atomic E-state index is 11.4. The van der Waals surface area contributed by atoms with Crippen LogP contribution in [0.2, 0.25) is 0 Å². The number of nitrogens with one attached hydrogen (secondary N) is 1. The smallest absolute Gasteiger partial charge is 0.330 e. The fourth-order valence-electron chi connectivity index (χ4n) is 1.96. The largest absolute Gasteiger partial charge is 0.497 e. The molecule has 0 aliphatic heterocycles. The van der Waals surface area contributed by atoms with Crippen LogP contribution < -0.4 is 10.1 Å². The van der Waals surface area contributed by atoms with Crippen LogP contribution in [-0.4, -0.2) is 19.7 Å². The van der Waals surface area contributed by atoms with Gasteiger partial charge >= 0.3 is 5.97 Å². The Morgan fingerprint density at radius 3 is 2.77 bits per heavy atom. The van der Waals surface area contributed by atoms with Crippen LogP contribution in [0.4, 0.5) is 11.4 Å². The number of carbonyl (C=O) groups is 1. The molecule has 2 rings (SSSR count). The van der Waals surface area contributed by atoms with Gasteiger partial charge in [0.1, 0.15) is 5.75 Å². The molecule has 2 aromatic carbocycles. The highest BCUT2D eigenvalue weighted by atomic mass is 16.5. The van der Waals surface area contributed by atoms with E-state index in [-0.39, 0.29) is 5.97 Å². The lowest BCUT2D eigenvalue weighted by Gasteiger charge is -2.10. The Kier molecular flexibility index (Phi) is 5.60. The normalized spacial score (nSPS) is 10.5. The molecule has 0 radical (unpaired) electrons. The van der Waals surface area contributed by atoms with Crippen LogP contribution in [-0.2, 0) is 9.53 Å². The van der Waals surface area contributed by atoms with Crippen molar-refractivity contribution >= 4 is 23.4 Å². The van der Waals surface area contributed by atoms with Crippen molar-refractivity contribution in [3.8, 4) is 5.75 Å². The minimum Gasteiger partial charge on any atom is -0.497 e. The van der Waals surface area contributed by atoms with Crippen LogP contribution in [0.1, 0.15) is 12.5 Å². The van der Waals surface area contributed by atoms with E-state index in [1.54, 1.807) is 20.1 Å². The third-order valence-corrected chi connectivity index (χ3v) is 3.00. The first-order valence-electron chi connectivity index (χ1n) is 7.08. The van der Waals surface area contributed by atoms with Gasteiger partial charge < -0.3 is 14.8 Å². The first-order valence-corrected chi connectivity index (χ1v) is 7.08. The molecule has 114 valence electrons. The molecule has 0 aliphatic rings. The highest BCUT2D eigenvalue weighted by molar-refractivity contribution is 5.88. The van der Waals surface area contributed by atoms with Crippen molar-refractivity contribution in [2.45, 2.75) is 6.92 Å². The van der Waals surface area contributed by atoms with Crippen LogP contribution in [0, 0.1) is 0 Å². The van der Waals surface area contributed by atoms with E-state index in [1.807, 2.05) is 48.5 Å². The average molecular weight is 297 g/mol. The van der Waals surface area contributed by atoms with E-state index >= 15 is 0 Å². The molecule has 0 saturated carbocycles. The van der Waals surface area contributed by atoms with Gasteiger partial charge in [-0.1, -0.05) is 24.3 Å². The van der Waals surface area contributed by atoms with Crippen molar-refractivity contribution < 1.29 is 14.3 Å². The lowest BCUT2D eigenvalue weighted by molar-refractivity contribution is -0.137. The summed E-state index contributed by atoms with van der Waals surface area (Å²) >= 11 is 0. The second kappa shape index (κ2) is 7.88. The minimum absolute atomic E-state index is 0.348. The van der Waals surface area contributed by atoms with Gasteiger partial charge in [0, 0.05) is 23.5 Å². The van der Waals surface area contributed by atoms with Crippen LogP contribution in [0.25, 0.3) is 6.08 Å². The van der Waals surface area contributed by atoms with Crippen LogP contribution in [0.15, 0.2) is 54.6 Å². The molecule has 0 amide bonds. The Hall–Kier alpha value is -2.75. The van der Waals surface area contributed by atoms with Gasteiger partial charge in [-0.2, -0.15) is 0 Å². The summed E-state index contributed by atoms with van der Waals surface area (Å²) in [6, 6.07) is 15.4. The van der Waals surface area contributed by atoms with Crippen LogP contribution in [0.3, 0.4) is 0 Å². The number of rotatable bonds is 6. The molecule has 0 aliphatic carbocycles. The zero-order valence-corrected chi connectivity index (χ0v) is 12.7. The number of para-hydroxylation sites is 1. The summed E-state index contributed by atoms with van der Waals surface area (Å²) in [4.78, 5) is 11.4. The second-order valence-electron chi connectivity index (χ2n) is 4.53. The van der Waals surface area contributed by atoms with Gasteiger partial charge in [0.15, 0.2) is 0 Å². The lowest BCUT2D eigenvalue weighted by Crippen LogP contribution is -1.99. The third-order valence-electron chi connectivity index (χ3n) is 3.00. The topological polar surface area (TPSA) is 47.6 Å². The number of esters is 1. The molecule has 4 nitrogen and oxygen atoms in total. The van der Waals surface area contributed by atoms with Crippen molar-refractivity contribution in [1.29, 1.82) is 0 Å². The molecule has 4 heteroatoms. The summed E-state index contributed by atoms with van der Waals surface area (Å²) < 4.78 is 10.1. The molecule has 0 heterocycles. The summed E-state index contributed by atoms with van der Waals surface area (Å²) in [6.45, 7) is 2.15. The molecule has 0 fully saturated rings. The quantitative estimate of drug-likeness (QED) is 0.646. The first kappa shape index (κ1) is 15.6. The van der Waals surface area contributed by atoms with Gasteiger partial charge in [-0.25, -0.2) is 4.79 Å². The van der Waals surface area contributed by atoms with E-state index in [9.17, 15) is 4.79 Å². The van der Waals surface area contributed by atoms with Crippen molar-refractivity contribution in [3.05, 3.63) is 60.2 Å². The second-order valence-corrected chi connectivity index (χ2v) is 4.53. The van der Waals surface area contributed by atoms with Crippen molar-refractivity contribution in [3.63, 3.8) is 0 Å². The number of carbonyl (C=O) groups excluding carboxylic acids is 1. The Labute approximate surface area is 130 Å². The molecule has 0 unspecified atom stereocenters. The molecule has 0 aromatic heterocycles. The number of ether oxygens (including phenoxy) is 2. The summed E-state index contributed by atoms with van der Waals surface area (Å²) in [6.07, 6.45) is 3.16. The predicted molar refractivity (Wildman–Crippen MR) is 88.4 cm³/mol. The van der Waals surface area contributed by atoms with Crippen molar-refractivity contribution in [2.24, 2.45) is 0 Å². The van der Waals surface area contributed by atoms with Gasteiger partial charge in [-0.15, -0.1) is 0 Å². The van der Waals surface area contributed by atoms with Gasteiger partial charge in [-0.3, -0.25) is 0 Å². The fraction of sp³-hybridized carbons (Fsp3) is 0.167. The monoisotopic (exact) mass is 297 g/mol. The minimum atomic E-state index is -0.348. The van der Waals surface area contributed by atoms with Crippen LogP contribution >= 0.6 is 0 Å². The summed E-state index contributed by atoms with van der Waals surface area (Å²) in [5.74, 6) is 0.434. The Morgan fingerprint density at radius 1 is 1.18 bits per heavy atom. The van der Waals surface area contributed by atoms with Gasteiger partial charge in [-0.05, 0) is 36.8 Å². The molecule has 22 heavy (non-hydrogen) atoms. The molecule has 0 spiro atoms. The van der Waals surface area contributed by atoms with Gasteiger partial charge in [0.25, 0.3) is 0 Å². The van der Waals surface area contributed by atoms with E-state index in [1.165, 1.54) is 6.08 Å². The van der Waals surface area contributed by atoms with E-state index in [0.29, 0.717) is 6.61 Å². The molecule has 0 atom stereocenters. The number of hydrogen-bond acceptors (Lipinski definition) is 4. The predicted octanol–water partition coefficient (Wildman–Crippen LogP) is 4.02. The highest BCUT2D eigenvalue weighted by Gasteiger charge is 2.02. The average Bonchev–Trinajstić information content (AvgIpc) is 2.54. The molecule has 0 bridgehead atoms. The maximum Gasteiger partial charge on any atom is 0.330 e. The lowest BCUT2D eigenvalue weighted by atomic mass is 10.1. The zero-order chi connectivity index (χ0) is 15.8. The zero-order valence-electron chi connectivity index (χ0n) is 12.7. The molecular formula is C18H19NO3. The number of methoxy groups -OCH3 is 1. The van der Waals surface area contributed by atoms with Crippen LogP contribution in [0.5, 0.6) is 5.75 Å². The Balaban J connectivity index is 2.19. The standard InChI is InChI=1S/C18H19NO3/c1-3-22-18(20)12-11-14-7-4-5-10-17(14)19-15-8-6-9-16(13-15)21-2/h4-13,19H,3H2,1-2H3/b12-11+. The molecule has 0 saturated heterocycles. The number of hydrogen-bond donors (Lipinski definition) is 1. The Morgan fingerprint density at radius 2 is 2.00 bits per heavy atom. The van der Waals surface area contributed by atoms with E-state index in [2.05, 4.69) is 5.32 Å². The number of benzene rings is 2. The molecule has 1 N–H and O–H groups in total. The molecule has 2 aromatic rings. The highest BCUT2D eigenvalue weighted by Crippen LogP contribution is 2.24. The van der Waals surface area contributed by atoms with Crippen molar-refractivity contribution in [2.75, 3.05) is 19.0 Å².